The first-order chi connectivity index (χ1) is 9.81. The first-order valence-electron chi connectivity index (χ1n) is 5.97. The third-order valence-corrected chi connectivity index (χ3v) is 3.89. The molecule has 0 radical (unpaired) electrons. The van der Waals surface area contributed by atoms with E-state index in [0.717, 1.165) is 21.4 Å². The van der Waals surface area contributed by atoms with E-state index in [2.05, 4.69) is 10.1 Å². The van der Waals surface area contributed by atoms with Crippen molar-refractivity contribution in [2.45, 2.75) is 0 Å². The summed E-state index contributed by atoms with van der Waals surface area (Å²) in [6, 6.07) is 11.4. The van der Waals surface area contributed by atoms with E-state index in [1.165, 1.54) is 11.3 Å². The molecule has 0 spiro atoms. The second-order valence-electron chi connectivity index (χ2n) is 4.27. The Hall–Kier alpha value is -2.60. The maximum absolute atomic E-state index is 5.71. The van der Waals surface area contributed by atoms with Crippen LogP contribution in [-0.4, -0.2) is 10.1 Å². The topological polar surface area (TPSA) is 78.1 Å². The van der Waals surface area contributed by atoms with Crippen LogP contribution in [-0.2, 0) is 0 Å². The zero-order chi connectivity index (χ0) is 13.5. The molecule has 4 aromatic rings. The molecule has 98 valence electrons. The number of anilines is 1. The molecule has 0 aliphatic heterocycles. The SMILES string of the molecule is Nc1ccc(-c2nc(-c3coc4ccccc34)no2)s1. The Bertz CT molecular complexity index is 891. The molecule has 0 amide bonds. The molecule has 0 unspecified atom stereocenters. The molecule has 3 heterocycles. The Morgan fingerprint density at radius 2 is 2.00 bits per heavy atom. The molecule has 6 heteroatoms. The number of hydrogen-bond donors (Lipinski definition) is 1. The van der Waals surface area contributed by atoms with Crippen LogP contribution in [0.4, 0.5) is 5.00 Å². The molecular formula is C14H9N3O2S. The van der Waals surface area contributed by atoms with Crippen molar-refractivity contribution < 1.29 is 8.94 Å². The van der Waals surface area contributed by atoms with Crippen LogP contribution in [0.25, 0.3) is 33.1 Å². The van der Waals surface area contributed by atoms with Gasteiger partial charge in [-0.05, 0) is 18.2 Å². The fourth-order valence-electron chi connectivity index (χ4n) is 2.05. The van der Waals surface area contributed by atoms with Crippen molar-refractivity contribution in [2.24, 2.45) is 0 Å². The summed E-state index contributed by atoms with van der Waals surface area (Å²) in [4.78, 5) is 5.26. The van der Waals surface area contributed by atoms with Crippen LogP contribution in [0.1, 0.15) is 0 Å². The Balaban J connectivity index is 1.82. The molecular weight excluding hydrogens is 274 g/mol. The standard InChI is InChI=1S/C14H9N3O2S/c15-12-6-5-11(20-12)14-16-13(17-19-14)9-7-18-10-4-2-1-3-8(9)10/h1-7H,15H2. The number of hydrogen-bond acceptors (Lipinski definition) is 6. The Morgan fingerprint density at radius 1 is 1.10 bits per heavy atom. The monoisotopic (exact) mass is 283 g/mol. The van der Waals surface area contributed by atoms with Crippen LogP contribution in [0.15, 0.2) is 51.6 Å². The molecule has 0 atom stereocenters. The van der Waals surface area contributed by atoms with Gasteiger partial charge in [0, 0.05) is 5.39 Å². The number of fused-ring (bicyclic) bond motifs is 1. The van der Waals surface area contributed by atoms with Crippen LogP contribution in [0, 0.1) is 0 Å². The number of rotatable bonds is 2. The average Bonchev–Trinajstić information content (AvgIpc) is 3.15. The number of para-hydroxylation sites is 1. The van der Waals surface area contributed by atoms with Crippen LogP contribution >= 0.6 is 11.3 Å². The van der Waals surface area contributed by atoms with E-state index in [9.17, 15) is 0 Å². The van der Waals surface area contributed by atoms with Gasteiger partial charge in [0.05, 0.1) is 15.4 Å². The number of benzene rings is 1. The number of thiophene rings is 1. The molecule has 0 aliphatic carbocycles. The van der Waals surface area contributed by atoms with E-state index in [1.807, 2.05) is 36.4 Å². The predicted octanol–water partition coefficient (Wildman–Crippen LogP) is 3.79. The van der Waals surface area contributed by atoms with Gasteiger partial charge in [0.15, 0.2) is 0 Å². The van der Waals surface area contributed by atoms with Crippen molar-refractivity contribution in [3.05, 3.63) is 42.7 Å². The fourth-order valence-corrected chi connectivity index (χ4v) is 2.75. The highest BCUT2D eigenvalue weighted by atomic mass is 32.1. The van der Waals surface area contributed by atoms with Gasteiger partial charge < -0.3 is 14.7 Å². The normalized spacial score (nSPS) is 11.2. The van der Waals surface area contributed by atoms with Crippen molar-refractivity contribution >= 4 is 27.3 Å². The van der Waals surface area contributed by atoms with Crippen molar-refractivity contribution in [3.63, 3.8) is 0 Å². The van der Waals surface area contributed by atoms with Gasteiger partial charge in [0.2, 0.25) is 5.82 Å². The van der Waals surface area contributed by atoms with Crippen LogP contribution in [0.5, 0.6) is 0 Å². The Kier molecular flexibility index (Phi) is 2.37. The highest BCUT2D eigenvalue weighted by molar-refractivity contribution is 7.19. The smallest absolute Gasteiger partial charge is 0.268 e. The number of nitrogens with zero attached hydrogens (tertiary/aromatic N) is 2. The minimum atomic E-state index is 0.465. The molecule has 20 heavy (non-hydrogen) atoms. The summed E-state index contributed by atoms with van der Waals surface area (Å²) < 4.78 is 10.8. The van der Waals surface area contributed by atoms with Crippen molar-refractivity contribution in [1.82, 2.24) is 10.1 Å². The van der Waals surface area contributed by atoms with Crippen molar-refractivity contribution in [3.8, 4) is 22.2 Å². The number of furan rings is 1. The summed E-state index contributed by atoms with van der Waals surface area (Å²) >= 11 is 1.41. The minimum absolute atomic E-state index is 0.465. The van der Waals surface area contributed by atoms with Gasteiger partial charge in [-0.15, -0.1) is 11.3 Å². The summed E-state index contributed by atoms with van der Waals surface area (Å²) in [5.41, 5.74) is 7.33. The van der Waals surface area contributed by atoms with Gasteiger partial charge in [-0.2, -0.15) is 4.98 Å². The number of nitrogen functional groups attached to an aromatic ring is 1. The van der Waals surface area contributed by atoms with E-state index in [-0.39, 0.29) is 0 Å². The number of aromatic nitrogens is 2. The summed E-state index contributed by atoms with van der Waals surface area (Å²) in [6.07, 6.45) is 1.64. The molecule has 0 saturated heterocycles. The molecule has 0 aliphatic rings. The van der Waals surface area contributed by atoms with Crippen molar-refractivity contribution in [1.29, 1.82) is 0 Å². The maximum Gasteiger partial charge on any atom is 0.268 e. The first kappa shape index (κ1) is 11.2. The maximum atomic E-state index is 5.71. The second kappa shape index (κ2) is 4.21. The highest BCUT2D eigenvalue weighted by Gasteiger charge is 2.16. The summed E-state index contributed by atoms with van der Waals surface area (Å²) in [5.74, 6) is 0.976. The zero-order valence-corrected chi connectivity index (χ0v) is 11.1. The van der Waals surface area contributed by atoms with Gasteiger partial charge in [-0.1, -0.05) is 23.4 Å². The molecule has 5 nitrogen and oxygen atoms in total. The molecule has 3 aromatic heterocycles. The summed E-state index contributed by atoms with van der Waals surface area (Å²) in [7, 11) is 0. The minimum Gasteiger partial charge on any atom is -0.464 e. The van der Waals surface area contributed by atoms with Crippen LogP contribution < -0.4 is 5.73 Å². The van der Waals surface area contributed by atoms with E-state index >= 15 is 0 Å². The Labute approximate surface area is 117 Å². The first-order valence-corrected chi connectivity index (χ1v) is 6.79. The average molecular weight is 283 g/mol. The molecule has 4 rings (SSSR count). The van der Waals surface area contributed by atoms with Gasteiger partial charge >= 0.3 is 0 Å². The summed E-state index contributed by atoms with van der Waals surface area (Å²) in [6.45, 7) is 0. The quantitative estimate of drug-likeness (QED) is 0.605. The largest absolute Gasteiger partial charge is 0.464 e. The molecule has 2 N–H and O–H groups in total. The van der Waals surface area contributed by atoms with E-state index in [1.54, 1.807) is 6.26 Å². The van der Waals surface area contributed by atoms with Crippen LogP contribution in [0.3, 0.4) is 0 Å². The fraction of sp³-hybridized carbons (Fsp3) is 0. The van der Waals surface area contributed by atoms with Gasteiger partial charge in [-0.25, -0.2) is 0 Å². The van der Waals surface area contributed by atoms with Crippen molar-refractivity contribution in [2.75, 3.05) is 5.73 Å². The second-order valence-corrected chi connectivity index (χ2v) is 5.39. The molecule has 1 aromatic carbocycles. The molecule has 0 fully saturated rings. The lowest BCUT2D eigenvalue weighted by Gasteiger charge is -1.88. The van der Waals surface area contributed by atoms with E-state index in [4.69, 9.17) is 14.7 Å². The van der Waals surface area contributed by atoms with Gasteiger partial charge in [0.25, 0.3) is 5.89 Å². The lowest BCUT2D eigenvalue weighted by Crippen LogP contribution is -1.78. The lowest BCUT2D eigenvalue weighted by molar-refractivity contribution is 0.433. The summed E-state index contributed by atoms with van der Waals surface area (Å²) in [5, 5.41) is 5.69. The van der Waals surface area contributed by atoms with Gasteiger partial charge in [-0.3, -0.25) is 0 Å². The Morgan fingerprint density at radius 3 is 2.85 bits per heavy atom. The zero-order valence-electron chi connectivity index (χ0n) is 10.2. The third-order valence-electron chi connectivity index (χ3n) is 2.99. The molecule has 0 bridgehead atoms. The van der Waals surface area contributed by atoms with E-state index < -0.39 is 0 Å². The highest BCUT2D eigenvalue weighted by Crippen LogP contribution is 2.32. The third kappa shape index (κ3) is 1.70. The van der Waals surface area contributed by atoms with Gasteiger partial charge in [0.1, 0.15) is 11.8 Å². The van der Waals surface area contributed by atoms with E-state index in [0.29, 0.717) is 16.7 Å². The van der Waals surface area contributed by atoms with Crippen LogP contribution in [0.2, 0.25) is 0 Å². The predicted molar refractivity (Wildman–Crippen MR) is 77.2 cm³/mol. The number of nitrogens with two attached hydrogens (primary N) is 1. The lowest BCUT2D eigenvalue weighted by atomic mass is 10.2. The molecule has 0 saturated carbocycles.